The van der Waals surface area contributed by atoms with E-state index in [0.29, 0.717) is 0 Å². The van der Waals surface area contributed by atoms with Gasteiger partial charge < -0.3 is 20.1 Å². The molecule has 5 heteroatoms. The van der Waals surface area contributed by atoms with Crippen LogP contribution in [0.25, 0.3) is 0 Å². The van der Waals surface area contributed by atoms with E-state index in [1.165, 1.54) is 11.8 Å². The maximum Gasteiger partial charge on any atom is 0.136 e. The molecule has 0 amide bonds. The van der Waals surface area contributed by atoms with Crippen LogP contribution in [0.2, 0.25) is 0 Å². The number of hydrogen-bond acceptors (Lipinski definition) is 5. The predicted octanol–water partition coefficient (Wildman–Crippen LogP) is 0.526. The molecule has 1 aliphatic heterocycles. The summed E-state index contributed by atoms with van der Waals surface area (Å²) >= 11 is 1.34. The van der Waals surface area contributed by atoms with Crippen LogP contribution >= 0.6 is 11.8 Å². The zero-order chi connectivity index (χ0) is 12.4. The van der Waals surface area contributed by atoms with E-state index >= 15 is 0 Å². The molecular formula is C12H16O4S. The fourth-order valence-electron chi connectivity index (χ4n) is 1.63. The SMILES string of the molecule is Cc1ccc(S[C@@H]2OC[C@@H](O)[C@H](O)[C@H]2O)cc1. The van der Waals surface area contributed by atoms with Gasteiger partial charge in [0.1, 0.15) is 23.7 Å². The number of benzene rings is 1. The Hall–Kier alpha value is -0.590. The van der Waals surface area contributed by atoms with Gasteiger partial charge in [0.25, 0.3) is 0 Å². The lowest BCUT2D eigenvalue weighted by Gasteiger charge is -2.34. The molecule has 0 unspecified atom stereocenters. The topological polar surface area (TPSA) is 69.9 Å². The second-order valence-electron chi connectivity index (χ2n) is 4.18. The first-order valence-corrected chi connectivity index (χ1v) is 6.35. The Kier molecular flexibility index (Phi) is 4.06. The molecule has 0 spiro atoms. The number of ether oxygens (including phenoxy) is 1. The maximum atomic E-state index is 9.77. The Bertz CT molecular complexity index is 367. The van der Waals surface area contributed by atoms with Gasteiger partial charge in [-0.15, -0.1) is 0 Å². The van der Waals surface area contributed by atoms with E-state index in [2.05, 4.69) is 0 Å². The molecule has 4 atom stereocenters. The van der Waals surface area contributed by atoms with Crippen LogP contribution < -0.4 is 0 Å². The van der Waals surface area contributed by atoms with Crippen molar-refractivity contribution in [1.29, 1.82) is 0 Å². The summed E-state index contributed by atoms with van der Waals surface area (Å²) in [7, 11) is 0. The first-order valence-electron chi connectivity index (χ1n) is 5.47. The second kappa shape index (κ2) is 5.37. The molecule has 0 bridgehead atoms. The fourth-order valence-corrected chi connectivity index (χ4v) is 2.64. The molecular weight excluding hydrogens is 240 g/mol. The van der Waals surface area contributed by atoms with Gasteiger partial charge in [0.15, 0.2) is 0 Å². The number of aliphatic hydroxyl groups excluding tert-OH is 3. The highest BCUT2D eigenvalue weighted by molar-refractivity contribution is 7.99. The quantitative estimate of drug-likeness (QED) is 0.720. The minimum absolute atomic E-state index is 0.0434. The van der Waals surface area contributed by atoms with Crippen molar-refractivity contribution in [1.82, 2.24) is 0 Å². The molecule has 3 N–H and O–H groups in total. The zero-order valence-electron chi connectivity index (χ0n) is 9.48. The van der Waals surface area contributed by atoms with Crippen molar-refractivity contribution in [2.24, 2.45) is 0 Å². The largest absolute Gasteiger partial charge is 0.388 e. The maximum absolute atomic E-state index is 9.77. The van der Waals surface area contributed by atoms with Crippen LogP contribution in [0.1, 0.15) is 5.56 Å². The molecule has 0 saturated carbocycles. The summed E-state index contributed by atoms with van der Waals surface area (Å²) in [6, 6.07) is 7.83. The Morgan fingerprint density at radius 2 is 1.76 bits per heavy atom. The third-order valence-corrected chi connectivity index (χ3v) is 3.92. The van der Waals surface area contributed by atoms with Crippen LogP contribution in [0, 0.1) is 6.92 Å². The van der Waals surface area contributed by atoms with Crippen molar-refractivity contribution >= 4 is 11.8 Å². The zero-order valence-corrected chi connectivity index (χ0v) is 10.3. The molecule has 0 aromatic heterocycles. The lowest BCUT2D eigenvalue weighted by Crippen LogP contribution is -2.51. The van der Waals surface area contributed by atoms with Gasteiger partial charge in [0, 0.05) is 4.90 Å². The van der Waals surface area contributed by atoms with E-state index in [9.17, 15) is 15.3 Å². The van der Waals surface area contributed by atoms with Crippen LogP contribution in [0.4, 0.5) is 0 Å². The van der Waals surface area contributed by atoms with E-state index in [0.717, 1.165) is 10.5 Å². The number of thioether (sulfide) groups is 1. The molecule has 1 heterocycles. The molecule has 17 heavy (non-hydrogen) atoms. The Morgan fingerprint density at radius 3 is 2.41 bits per heavy atom. The van der Waals surface area contributed by atoms with E-state index in [1.54, 1.807) is 0 Å². The smallest absolute Gasteiger partial charge is 0.136 e. The molecule has 1 aliphatic rings. The molecule has 0 aliphatic carbocycles. The van der Waals surface area contributed by atoms with Crippen LogP contribution in [0.5, 0.6) is 0 Å². The standard InChI is InChI=1S/C12H16O4S/c1-7-2-4-8(5-3-7)17-12-11(15)10(14)9(13)6-16-12/h2-5,9-15H,6H2,1H3/t9-,10+,11-,12+/m1/s1. The molecule has 4 nitrogen and oxygen atoms in total. The highest BCUT2D eigenvalue weighted by atomic mass is 32.2. The second-order valence-corrected chi connectivity index (χ2v) is 5.35. The van der Waals surface area contributed by atoms with Crippen molar-refractivity contribution in [3.05, 3.63) is 29.8 Å². The highest BCUT2D eigenvalue weighted by Crippen LogP contribution is 2.30. The molecule has 1 aromatic rings. The average molecular weight is 256 g/mol. The average Bonchev–Trinajstić information content (AvgIpc) is 2.33. The number of aliphatic hydroxyl groups is 3. The van der Waals surface area contributed by atoms with Crippen molar-refractivity contribution in [3.63, 3.8) is 0 Å². The third kappa shape index (κ3) is 3.00. The van der Waals surface area contributed by atoms with E-state index in [4.69, 9.17) is 4.74 Å². The van der Waals surface area contributed by atoms with Gasteiger partial charge in [0.2, 0.25) is 0 Å². The van der Waals surface area contributed by atoms with E-state index in [1.807, 2.05) is 31.2 Å². The Morgan fingerprint density at radius 1 is 1.12 bits per heavy atom. The minimum atomic E-state index is -1.15. The van der Waals surface area contributed by atoms with Crippen molar-refractivity contribution < 1.29 is 20.1 Å². The van der Waals surface area contributed by atoms with Gasteiger partial charge >= 0.3 is 0 Å². The van der Waals surface area contributed by atoms with Gasteiger partial charge in [-0.25, -0.2) is 0 Å². The molecule has 1 aromatic carbocycles. The summed E-state index contributed by atoms with van der Waals surface area (Å²) < 4.78 is 5.31. The lowest BCUT2D eigenvalue weighted by atomic mass is 10.1. The Balaban J connectivity index is 2.01. The lowest BCUT2D eigenvalue weighted by molar-refractivity contribution is -0.161. The van der Waals surface area contributed by atoms with Crippen molar-refractivity contribution in [2.45, 2.75) is 35.6 Å². The van der Waals surface area contributed by atoms with E-state index < -0.39 is 23.7 Å². The number of aryl methyl sites for hydroxylation is 1. The molecule has 94 valence electrons. The van der Waals surface area contributed by atoms with E-state index in [-0.39, 0.29) is 6.61 Å². The Labute approximate surface area is 104 Å². The number of hydrogen-bond donors (Lipinski definition) is 3. The summed E-state index contributed by atoms with van der Waals surface area (Å²) in [5.74, 6) is 0. The van der Waals surface area contributed by atoms with Gasteiger partial charge in [-0.1, -0.05) is 29.5 Å². The normalized spacial score (nSPS) is 33.6. The number of rotatable bonds is 2. The van der Waals surface area contributed by atoms with Gasteiger partial charge in [0.05, 0.1) is 6.61 Å². The van der Waals surface area contributed by atoms with Crippen molar-refractivity contribution in [2.75, 3.05) is 6.61 Å². The summed E-state index contributed by atoms with van der Waals surface area (Å²) in [6.45, 7) is 2.04. The minimum Gasteiger partial charge on any atom is -0.388 e. The molecule has 0 radical (unpaired) electrons. The fraction of sp³-hybridized carbons (Fsp3) is 0.500. The van der Waals surface area contributed by atoms with Crippen LogP contribution in [-0.4, -0.2) is 45.7 Å². The monoisotopic (exact) mass is 256 g/mol. The molecule has 1 fully saturated rings. The first kappa shape index (κ1) is 12.9. The molecule has 1 saturated heterocycles. The van der Waals surface area contributed by atoms with Crippen LogP contribution in [0.3, 0.4) is 0 Å². The van der Waals surface area contributed by atoms with Gasteiger partial charge in [-0.3, -0.25) is 0 Å². The summed E-state index contributed by atoms with van der Waals surface area (Å²) in [5, 5.41) is 28.6. The van der Waals surface area contributed by atoms with Gasteiger partial charge in [-0.05, 0) is 19.1 Å². The summed E-state index contributed by atoms with van der Waals surface area (Å²) in [5.41, 5.74) is 0.617. The summed E-state index contributed by atoms with van der Waals surface area (Å²) in [4.78, 5) is 0.961. The third-order valence-electron chi connectivity index (χ3n) is 2.73. The van der Waals surface area contributed by atoms with Gasteiger partial charge in [-0.2, -0.15) is 0 Å². The summed E-state index contributed by atoms with van der Waals surface area (Å²) in [6.07, 6.45) is -3.24. The predicted molar refractivity (Wildman–Crippen MR) is 64.8 cm³/mol. The van der Waals surface area contributed by atoms with Crippen LogP contribution in [-0.2, 0) is 4.74 Å². The first-order chi connectivity index (χ1) is 8.08. The molecule has 2 rings (SSSR count). The van der Waals surface area contributed by atoms with Crippen molar-refractivity contribution in [3.8, 4) is 0 Å². The highest BCUT2D eigenvalue weighted by Gasteiger charge is 2.37. The van der Waals surface area contributed by atoms with Crippen LogP contribution in [0.15, 0.2) is 29.2 Å².